The van der Waals surface area contributed by atoms with Gasteiger partial charge in [0.1, 0.15) is 11.6 Å². The first kappa shape index (κ1) is 11.4. The van der Waals surface area contributed by atoms with Crippen LogP contribution in [0.2, 0.25) is 0 Å². The minimum atomic E-state index is -0.358. The fourth-order valence-electron chi connectivity index (χ4n) is 1.48. The van der Waals surface area contributed by atoms with Gasteiger partial charge in [-0.2, -0.15) is 4.98 Å². The molecule has 0 aliphatic carbocycles. The fourth-order valence-corrected chi connectivity index (χ4v) is 1.48. The lowest BCUT2D eigenvalue weighted by atomic mass is 10.1. The van der Waals surface area contributed by atoms with Gasteiger partial charge in [-0.05, 0) is 31.5 Å². The summed E-state index contributed by atoms with van der Waals surface area (Å²) in [6.45, 7) is 3.27. The zero-order chi connectivity index (χ0) is 12.4. The third kappa shape index (κ3) is 2.55. The Morgan fingerprint density at radius 2 is 2.24 bits per heavy atom. The number of hydrogen-bond donors (Lipinski definition) is 0. The maximum absolute atomic E-state index is 13.1. The van der Waals surface area contributed by atoms with Crippen LogP contribution in [0.15, 0.2) is 22.7 Å². The number of hydrogen-bond acceptors (Lipinski definition) is 4. The molecule has 0 N–H and O–H groups in total. The number of aromatic nitrogens is 2. The van der Waals surface area contributed by atoms with E-state index in [9.17, 15) is 9.18 Å². The molecule has 0 aliphatic heterocycles. The summed E-state index contributed by atoms with van der Waals surface area (Å²) in [5.41, 5.74) is 1.42. The summed E-state index contributed by atoms with van der Waals surface area (Å²) in [5, 5.41) is 3.74. The first-order chi connectivity index (χ1) is 8.06. The zero-order valence-corrected chi connectivity index (χ0v) is 9.53. The number of carbonyl (C=O) groups is 1. The van der Waals surface area contributed by atoms with E-state index >= 15 is 0 Å². The SMILES string of the molecule is CC(=O)Cc1nc(-c2cc(F)ccc2C)no1. The van der Waals surface area contributed by atoms with Gasteiger partial charge in [0.05, 0.1) is 6.42 Å². The topological polar surface area (TPSA) is 56.0 Å². The summed E-state index contributed by atoms with van der Waals surface area (Å²) in [5.74, 6) is 0.133. The van der Waals surface area contributed by atoms with Crippen molar-refractivity contribution in [2.45, 2.75) is 20.3 Å². The lowest BCUT2D eigenvalue weighted by Gasteiger charge is -1.99. The maximum atomic E-state index is 13.1. The number of ketones is 1. The van der Waals surface area contributed by atoms with E-state index in [0.717, 1.165) is 5.56 Å². The molecule has 0 atom stereocenters. The van der Waals surface area contributed by atoms with Crippen molar-refractivity contribution in [3.8, 4) is 11.4 Å². The minimum Gasteiger partial charge on any atom is -0.339 e. The minimum absolute atomic E-state index is 0.0591. The smallest absolute Gasteiger partial charge is 0.234 e. The van der Waals surface area contributed by atoms with Gasteiger partial charge in [0.15, 0.2) is 0 Å². The number of rotatable bonds is 3. The quantitative estimate of drug-likeness (QED) is 0.817. The molecule has 0 amide bonds. The molecule has 0 radical (unpaired) electrons. The van der Waals surface area contributed by atoms with E-state index < -0.39 is 0 Å². The van der Waals surface area contributed by atoms with Gasteiger partial charge in [0, 0.05) is 5.56 Å². The molecule has 0 spiro atoms. The molecular formula is C12H11FN2O2. The second-order valence-corrected chi connectivity index (χ2v) is 3.85. The molecule has 4 nitrogen and oxygen atoms in total. The van der Waals surface area contributed by atoms with Crippen molar-refractivity contribution in [1.29, 1.82) is 0 Å². The van der Waals surface area contributed by atoms with Gasteiger partial charge in [0.2, 0.25) is 11.7 Å². The van der Waals surface area contributed by atoms with Crippen molar-refractivity contribution < 1.29 is 13.7 Å². The lowest BCUT2D eigenvalue weighted by Crippen LogP contribution is -1.96. The van der Waals surface area contributed by atoms with E-state index in [0.29, 0.717) is 11.4 Å². The number of Topliss-reactive ketones (excluding diaryl/α,β-unsaturated/α-hetero) is 1. The van der Waals surface area contributed by atoms with E-state index in [1.165, 1.54) is 19.1 Å². The Morgan fingerprint density at radius 1 is 1.47 bits per heavy atom. The van der Waals surface area contributed by atoms with Crippen molar-refractivity contribution in [2.75, 3.05) is 0 Å². The Hall–Kier alpha value is -2.04. The summed E-state index contributed by atoms with van der Waals surface area (Å²) >= 11 is 0. The molecule has 0 saturated carbocycles. The molecule has 1 aromatic carbocycles. The summed E-state index contributed by atoms with van der Waals surface area (Å²) in [7, 11) is 0. The highest BCUT2D eigenvalue weighted by atomic mass is 19.1. The van der Waals surface area contributed by atoms with Crippen LogP contribution in [0.4, 0.5) is 4.39 Å². The Labute approximate surface area is 97.5 Å². The summed E-state index contributed by atoms with van der Waals surface area (Å²) in [6, 6.07) is 4.36. The lowest BCUT2D eigenvalue weighted by molar-refractivity contribution is -0.116. The van der Waals surface area contributed by atoms with Crippen LogP contribution >= 0.6 is 0 Å². The Morgan fingerprint density at radius 3 is 2.94 bits per heavy atom. The molecule has 2 rings (SSSR count). The predicted octanol–water partition coefficient (Wildman–Crippen LogP) is 2.32. The predicted molar refractivity (Wildman–Crippen MR) is 58.8 cm³/mol. The van der Waals surface area contributed by atoms with E-state index in [2.05, 4.69) is 10.1 Å². The standard InChI is InChI=1S/C12H11FN2O2/c1-7-3-4-9(13)6-10(7)12-14-11(17-15-12)5-8(2)16/h3-4,6H,5H2,1-2H3. The Bertz CT molecular complexity index is 563. The molecule has 0 saturated heterocycles. The fraction of sp³-hybridized carbons (Fsp3) is 0.250. The molecule has 2 aromatic rings. The molecule has 0 fully saturated rings. The third-order valence-electron chi connectivity index (χ3n) is 2.31. The molecule has 1 aromatic heterocycles. The Balaban J connectivity index is 2.36. The number of benzene rings is 1. The summed E-state index contributed by atoms with van der Waals surface area (Å²) in [4.78, 5) is 14.9. The maximum Gasteiger partial charge on any atom is 0.234 e. The molecule has 0 bridgehead atoms. The van der Waals surface area contributed by atoms with Gasteiger partial charge < -0.3 is 4.52 Å². The van der Waals surface area contributed by atoms with Gasteiger partial charge in [-0.1, -0.05) is 11.2 Å². The van der Waals surface area contributed by atoms with Crippen molar-refractivity contribution in [1.82, 2.24) is 10.1 Å². The van der Waals surface area contributed by atoms with Gasteiger partial charge in [-0.3, -0.25) is 4.79 Å². The average Bonchev–Trinajstić information content (AvgIpc) is 2.69. The van der Waals surface area contributed by atoms with Crippen molar-refractivity contribution >= 4 is 5.78 Å². The van der Waals surface area contributed by atoms with Gasteiger partial charge in [-0.15, -0.1) is 0 Å². The average molecular weight is 234 g/mol. The summed E-state index contributed by atoms with van der Waals surface area (Å²) in [6.07, 6.45) is 0.0986. The van der Waals surface area contributed by atoms with Crippen molar-refractivity contribution in [3.63, 3.8) is 0 Å². The van der Waals surface area contributed by atoms with Crippen LogP contribution in [0.25, 0.3) is 11.4 Å². The van der Waals surface area contributed by atoms with Crippen LogP contribution < -0.4 is 0 Å². The largest absolute Gasteiger partial charge is 0.339 e. The van der Waals surface area contributed by atoms with E-state index in [1.54, 1.807) is 6.07 Å². The first-order valence-electron chi connectivity index (χ1n) is 5.15. The molecule has 17 heavy (non-hydrogen) atoms. The highest BCUT2D eigenvalue weighted by Crippen LogP contribution is 2.21. The number of aryl methyl sites for hydroxylation is 1. The van der Waals surface area contributed by atoms with Crippen molar-refractivity contribution in [2.24, 2.45) is 0 Å². The monoisotopic (exact) mass is 234 g/mol. The molecule has 5 heteroatoms. The Kier molecular flexibility index (Phi) is 2.99. The van der Waals surface area contributed by atoms with Crippen LogP contribution in [-0.2, 0) is 11.2 Å². The number of nitrogens with zero attached hydrogens (tertiary/aromatic N) is 2. The highest BCUT2D eigenvalue weighted by molar-refractivity contribution is 5.77. The third-order valence-corrected chi connectivity index (χ3v) is 2.31. The second kappa shape index (κ2) is 4.45. The van der Waals surface area contributed by atoms with Crippen LogP contribution in [0, 0.1) is 12.7 Å². The molecule has 0 aliphatic rings. The van der Waals surface area contributed by atoms with E-state index in [-0.39, 0.29) is 23.9 Å². The molecular weight excluding hydrogens is 223 g/mol. The van der Waals surface area contributed by atoms with Crippen LogP contribution in [0.1, 0.15) is 18.4 Å². The van der Waals surface area contributed by atoms with Gasteiger partial charge >= 0.3 is 0 Å². The number of carbonyl (C=O) groups excluding carboxylic acids is 1. The van der Waals surface area contributed by atoms with Crippen LogP contribution in [-0.4, -0.2) is 15.9 Å². The second-order valence-electron chi connectivity index (χ2n) is 3.85. The van der Waals surface area contributed by atoms with E-state index in [1.807, 2.05) is 6.92 Å². The van der Waals surface area contributed by atoms with Gasteiger partial charge in [0.25, 0.3) is 0 Å². The normalized spacial score (nSPS) is 10.5. The highest BCUT2D eigenvalue weighted by Gasteiger charge is 2.12. The van der Waals surface area contributed by atoms with Crippen molar-refractivity contribution in [3.05, 3.63) is 35.5 Å². The number of halogens is 1. The molecule has 0 unspecified atom stereocenters. The van der Waals surface area contributed by atoms with Gasteiger partial charge in [-0.25, -0.2) is 4.39 Å². The summed E-state index contributed by atoms with van der Waals surface area (Å²) < 4.78 is 18.0. The zero-order valence-electron chi connectivity index (χ0n) is 9.53. The molecule has 88 valence electrons. The first-order valence-corrected chi connectivity index (χ1v) is 5.15. The van der Waals surface area contributed by atoms with E-state index in [4.69, 9.17) is 4.52 Å². The van der Waals surface area contributed by atoms with Crippen LogP contribution in [0.5, 0.6) is 0 Å². The van der Waals surface area contributed by atoms with Crippen LogP contribution in [0.3, 0.4) is 0 Å². The molecule has 1 heterocycles.